The first-order chi connectivity index (χ1) is 11.7. The first-order valence-electron chi connectivity index (χ1n) is 8.24. The van der Waals surface area contributed by atoms with Gasteiger partial charge >= 0.3 is 0 Å². The van der Waals surface area contributed by atoms with Gasteiger partial charge in [0.2, 0.25) is 5.91 Å². The van der Waals surface area contributed by atoms with Crippen molar-refractivity contribution in [2.24, 2.45) is 0 Å². The zero-order chi connectivity index (χ0) is 16.8. The lowest BCUT2D eigenvalue weighted by atomic mass is 10.1. The molecule has 0 bridgehead atoms. The van der Waals surface area contributed by atoms with E-state index in [2.05, 4.69) is 15.4 Å². The minimum Gasteiger partial charge on any atom is -0.490 e. The fourth-order valence-corrected chi connectivity index (χ4v) is 2.60. The van der Waals surface area contributed by atoms with E-state index in [0.29, 0.717) is 26.2 Å². The summed E-state index contributed by atoms with van der Waals surface area (Å²) in [7, 11) is 0. The number of aryl methyl sites for hydroxylation is 1. The Kier molecular flexibility index (Phi) is 5.30. The van der Waals surface area contributed by atoms with Gasteiger partial charge in [-0.25, -0.2) is 4.98 Å². The van der Waals surface area contributed by atoms with Crippen LogP contribution >= 0.6 is 0 Å². The molecule has 7 heteroatoms. The van der Waals surface area contributed by atoms with Crippen LogP contribution in [0.5, 0.6) is 11.5 Å². The molecule has 0 saturated heterocycles. The fourth-order valence-electron chi connectivity index (χ4n) is 2.60. The number of carbonyl (C=O) groups excluding carboxylic acids is 1. The molecule has 1 amide bonds. The normalized spacial score (nSPS) is 14.7. The van der Waals surface area contributed by atoms with Crippen molar-refractivity contribution in [1.82, 2.24) is 20.1 Å². The molecule has 24 heavy (non-hydrogen) atoms. The minimum absolute atomic E-state index is 0.0229. The molecule has 2 heterocycles. The van der Waals surface area contributed by atoms with E-state index in [0.717, 1.165) is 29.9 Å². The summed E-state index contributed by atoms with van der Waals surface area (Å²) in [6, 6.07) is 5.74. The van der Waals surface area contributed by atoms with Crippen LogP contribution in [-0.2, 0) is 11.3 Å². The van der Waals surface area contributed by atoms with Crippen molar-refractivity contribution >= 4 is 5.91 Å². The molecule has 0 saturated carbocycles. The molecule has 1 atom stereocenters. The van der Waals surface area contributed by atoms with Crippen molar-refractivity contribution in [2.75, 3.05) is 13.2 Å². The third-order valence-electron chi connectivity index (χ3n) is 3.91. The van der Waals surface area contributed by atoms with Crippen LogP contribution in [0.15, 0.2) is 30.9 Å². The number of nitrogens with zero attached hydrogens (tertiary/aromatic N) is 3. The topological polar surface area (TPSA) is 78.3 Å². The molecular formula is C17H22N4O3. The molecule has 2 aromatic rings. The number of ether oxygens (including phenoxy) is 2. The zero-order valence-corrected chi connectivity index (χ0v) is 13.8. The Bertz CT molecular complexity index is 672. The van der Waals surface area contributed by atoms with E-state index in [1.54, 1.807) is 11.0 Å². The molecule has 0 spiro atoms. The Morgan fingerprint density at radius 3 is 2.96 bits per heavy atom. The average Bonchev–Trinajstić information content (AvgIpc) is 2.98. The summed E-state index contributed by atoms with van der Waals surface area (Å²) in [4.78, 5) is 16.0. The summed E-state index contributed by atoms with van der Waals surface area (Å²) < 4.78 is 13.0. The van der Waals surface area contributed by atoms with Gasteiger partial charge in [-0.3, -0.25) is 9.48 Å². The van der Waals surface area contributed by atoms with E-state index in [-0.39, 0.29) is 11.9 Å². The first-order valence-corrected chi connectivity index (χ1v) is 8.24. The molecular weight excluding hydrogens is 308 g/mol. The lowest BCUT2D eigenvalue weighted by molar-refractivity contribution is -0.121. The number of hydrogen-bond acceptors (Lipinski definition) is 5. The summed E-state index contributed by atoms with van der Waals surface area (Å²) in [6.07, 6.45) is 5.20. The quantitative estimate of drug-likeness (QED) is 0.877. The van der Waals surface area contributed by atoms with Gasteiger partial charge in [-0.05, 0) is 31.0 Å². The van der Waals surface area contributed by atoms with Gasteiger partial charge in [0, 0.05) is 19.4 Å². The number of benzene rings is 1. The highest BCUT2D eigenvalue weighted by molar-refractivity contribution is 5.76. The Hall–Kier alpha value is -2.57. The highest BCUT2D eigenvalue weighted by Gasteiger charge is 2.15. The van der Waals surface area contributed by atoms with Crippen molar-refractivity contribution in [3.05, 3.63) is 36.4 Å². The van der Waals surface area contributed by atoms with Gasteiger partial charge in [-0.2, -0.15) is 5.10 Å². The summed E-state index contributed by atoms with van der Waals surface area (Å²) >= 11 is 0. The van der Waals surface area contributed by atoms with E-state index in [9.17, 15) is 4.79 Å². The van der Waals surface area contributed by atoms with Gasteiger partial charge in [-0.15, -0.1) is 0 Å². The van der Waals surface area contributed by atoms with Crippen LogP contribution < -0.4 is 14.8 Å². The zero-order valence-electron chi connectivity index (χ0n) is 13.8. The summed E-state index contributed by atoms with van der Waals surface area (Å²) in [5.41, 5.74) is 1.00. The minimum atomic E-state index is -0.0824. The Morgan fingerprint density at radius 1 is 1.33 bits per heavy atom. The predicted molar refractivity (Wildman–Crippen MR) is 87.9 cm³/mol. The largest absolute Gasteiger partial charge is 0.490 e. The molecule has 0 radical (unpaired) electrons. The van der Waals surface area contributed by atoms with Crippen LogP contribution in [0.4, 0.5) is 0 Å². The molecule has 1 N–H and O–H groups in total. The molecule has 0 aliphatic carbocycles. The van der Waals surface area contributed by atoms with Gasteiger partial charge in [0.05, 0.1) is 19.3 Å². The lowest BCUT2D eigenvalue weighted by Crippen LogP contribution is -2.26. The van der Waals surface area contributed by atoms with Crippen molar-refractivity contribution in [2.45, 2.75) is 38.8 Å². The van der Waals surface area contributed by atoms with E-state index in [1.165, 1.54) is 6.33 Å². The molecule has 0 unspecified atom stereocenters. The number of amides is 1. The molecule has 1 aromatic carbocycles. The van der Waals surface area contributed by atoms with Gasteiger partial charge < -0.3 is 14.8 Å². The maximum Gasteiger partial charge on any atom is 0.220 e. The molecule has 3 rings (SSSR count). The number of hydrogen-bond donors (Lipinski definition) is 1. The van der Waals surface area contributed by atoms with E-state index in [1.807, 2.05) is 25.1 Å². The second kappa shape index (κ2) is 7.81. The number of nitrogens with one attached hydrogen (secondary N) is 1. The Morgan fingerprint density at radius 2 is 2.17 bits per heavy atom. The standard InChI is InChI=1S/C17H22N4O3/c1-13(20-17(22)4-2-7-21-12-18-11-19-21)14-5-6-15-16(10-14)24-9-3-8-23-15/h5-6,10-13H,2-4,7-9H2,1H3,(H,20,22)/t13-/m0/s1. The second-order valence-corrected chi connectivity index (χ2v) is 5.81. The van der Waals surface area contributed by atoms with E-state index >= 15 is 0 Å². The summed E-state index contributed by atoms with van der Waals surface area (Å²) in [5.74, 6) is 1.54. The number of fused-ring (bicyclic) bond motifs is 1. The lowest BCUT2D eigenvalue weighted by Gasteiger charge is -2.16. The van der Waals surface area contributed by atoms with Gasteiger partial charge in [0.1, 0.15) is 12.7 Å². The van der Waals surface area contributed by atoms with Gasteiger partial charge in [-0.1, -0.05) is 6.07 Å². The summed E-state index contributed by atoms with van der Waals surface area (Å²) in [6.45, 7) is 3.98. The molecule has 1 aliphatic heterocycles. The van der Waals surface area contributed by atoms with Crippen LogP contribution in [0, 0.1) is 0 Å². The van der Waals surface area contributed by atoms with Crippen molar-refractivity contribution in [1.29, 1.82) is 0 Å². The predicted octanol–water partition coefficient (Wildman–Crippen LogP) is 2.10. The van der Waals surface area contributed by atoms with Gasteiger partial charge in [0.15, 0.2) is 11.5 Å². The molecule has 128 valence electrons. The van der Waals surface area contributed by atoms with Crippen molar-refractivity contribution in [3.8, 4) is 11.5 Å². The summed E-state index contributed by atoms with van der Waals surface area (Å²) in [5, 5.41) is 7.04. The van der Waals surface area contributed by atoms with Gasteiger partial charge in [0.25, 0.3) is 0 Å². The smallest absolute Gasteiger partial charge is 0.220 e. The second-order valence-electron chi connectivity index (χ2n) is 5.81. The third kappa shape index (κ3) is 4.24. The van der Waals surface area contributed by atoms with E-state index in [4.69, 9.17) is 9.47 Å². The molecule has 1 aromatic heterocycles. The fraction of sp³-hybridized carbons (Fsp3) is 0.471. The first kappa shape index (κ1) is 16.3. The van der Waals surface area contributed by atoms with E-state index < -0.39 is 0 Å². The molecule has 0 fully saturated rings. The maximum atomic E-state index is 12.1. The highest BCUT2D eigenvalue weighted by atomic mass is 16.5. The van der Waals surface area contributed by atoms with Crippen molar-refractivity contribution in [3.63, 3.8) is 0 Å². The Labute approximate surface area is 141 Å². The third-order valence-corrected chi connectivity index (χ3v) is 3.91. The molecule has 1 aliphatic rings. The maximum absolute atomic E-state index is 12.1. The number of aromatic nitrogens is 3. The highest BCUT2D eigenvalue weighted by Crippen LogP contribution is 2.32. The van der Waals surface area contributed by atoms with Crippen LogP contribution in [0.1, 0.15) is 37.8 Å². The Balaban J connectivity index is 1.51. The number of carbonyl (C=O) groups is 1. The SMILES string of the molecule is C[C@H](NC(=O)CCCn1cncn1)c1ccc2c(c1)OCCCO2. The van der Waals surface area contributed by atoms with Crippen molar-refractivity contribution < 1.29 is 14.3 Å². The van der Waals surface area contributed by atoms with Crippen LogP contribution in [0.25, 0.3) is 0 Å². The van der Waals surface area contributed by atoms with Crippen LogP contribution in [-0.4, -0.2) is 33.9 Å². The van der Waals surface area contributed by atoms with Crippen LogP contribution in [0.2, 0.25) is 0 Å². The molecule has 7 nitrogen and oxygen atoms in total. The van der Waals surface area contributed by atoms with Crippen LogP contribution in [0.3, 0.4) is 0 Å². The average molecular weight is 330 g/mol. The monoisotopic (exact) mass is 330 g/mol. The number of rotatable bonds is 6.